The number of methoxy groups -OCH3 is 2. The number of hydrogen-bond donors (Lipinski definition) is 1. The van der Waals surface area contributed by atoms with E-state index in [0.717, 1.165) is 42.9 Å². The molecule has 0 radical (unpaired) electrons. The highest BCUT2D eigenvalue weighted by atomic mass is 16.5. The second-order valence-corrected chi connectivity index (χ2v) is 7.55. The third-order valence-corrected chi connectivity index (χ3v) is 5.82. The Morgan fingerprint density at radius 1 is 1.17 bits per heavy atom. The van der Waals surface area contributed by atoms with Gasteiger partial charge in [0, 0.05) is 24.2 Å². The quantitative estimate of drug-likeness (QED) is 0.724. The Kier molecular flexibility index (Phi) is 7.15. The van der Waals surface area contributed by atoms with Gasteiger partial charge in [-0.25, -0.2) is 0 Å². The average Bonchev–Trinajstić information content (AvgIpc) is 3.26. The van der Waals surface area contributed by atoms with Gasteiger partial charge in [-0.1, -0.05) is 31.2 Å². The van der Waals surface area contributed by atoms with Crippen molar-refractivity contribution in [2.75, 3.05) is 27.3 Å². The molecule has 0 aliphatic carbocycles. The van der Waals surface area contributed by atoms with Crippen LogP contribution in [0.15, 0.2) is 42.5 Å². The number of hydrogen-bond acceptors (Lipinski definition) is 4. The van der Waals surface area contributed by atoms with Crippen molar-refractivity contribution in [2.45, 2.75) is 45.2 Å². The summed E-state index contributed by atoms with van der Waals surface area (Å²) in [5.41, 5.74) is 3.57. The van der Waals surface area contributed by atoms with Gasteiger partial charge in [-0.2, -0.15) is 0 Å². The fourth-order valence-electron chi connectivity index (χ4n) is 3.98. The molecule has 2 aromatic carbocycles. The molecule has 1 N–H and O–H groups in total. The summed E-state index contributed by atoms with van der Waals surface area (Å²) in [4.78, 5) is 15.0. The summed E-state index contributed by atoms with van der Waals surface area (Å²) in [7, 11) is 3.30. The van der Waals surface area contributed by atoms with E-state index < -0.39 is 0 Å². The summed E-state index contributed by atoms with van der Waals surface area (Å²) >= 11 is 0. The fraction of sp³-hybridized carbons (Fsp3) is 0.458. The molecule has 5 heteroatoms. The molecule has 1 aliphatic rings. The molecule has 1 amide bonds. The Bertz CT molecular complexity index is 819. The highest BCUT2D eigenvalue weighted by Gasteiger charge is 2.31. The molecule has 29 heavy (non-hydrogen) atoms. The van der Waals surface area contributed by atoms with E-state index >= 15 is 0 Å². The van der Waals surface area contributed by atoms with E-state index in [2.05, 4.69) is 43.4 Å². The number of rotatable bonds is 8. The van der Waals surface area contributed by atoms with Crippen LogP contribution in [0.4, 0.5) is 0 Å². The van der Waals surface area contributed by atoms with Crippen LogP contribution in [0.2, 0.25) is 0 Å². The van der Waals surface area contributed by atoms with Gasteiger partial charge in [0.1, 0.15) is 11.5 Å². The molecule has 1 aliphatic heterocycles. The van der Waals surface area contributed by atoms with Gasteiger partial charge >= 0.3 is 0 Å². The zero-order valence-corrected chi connectivity index (χ0v) is 17.9. The van der Waals surface area contributed by atoms with Crippen LogP contribution in [0.3, 0.4) is 0 Å². The Labute approximate surface area is 174 Å². The van der Waals surface area contributed by atoms with Crippen LogP contribution < -0.4 is 14.8 Å². The first kappa shape index (κ1) is 21.2. The van der Waals surface area contributed by atoms with E-state index in [1.807, 2.05) is 23.1 Å². The minimum Gasteiger partial charge on any atom is -0.497 e. The first-order valence-corrected chi connectivity index (χ1v) is 10.4. The molecule has 0 bridgehead atoms. The summed E-state index contributed by atoms with van der Waals surface area (Å²) in [6.07, 6.45) is 2.98. The minimum absolute atomic E-state index is 0.0456. The molecule has 0 saturated carbocycles. The maximum Gasteiger partial charge on any atom is 0.237 e. The van der Waals surface area contributed by atoms with Crippen LogP contribution in [0.25, 0.3) is 0 Å². The smallest absolute Gasteiger partial charge is 0.237 e. The van der Waals surface area contributed by atoms with Gasteiger partial charge in [0.25, 0.3) is 0 Å². The number of likely N-dealkylation sites (tertiary alicyclic amines) is 1. The van der Waals surface area contributed by atoms with E-state index in [4.69, 9.17) is 9.47 Å². The standard InChI is InChI=1S/C24H32N2O3/c1-5-18-8-10-19(11-9-18)17(2)25-16-24(27)26-14-6-7-22(26)21-13-12-20(28-3)15-23(21)29-4/h8-13,15,17,22,25H,5-7,14,16H2,1-4H3. The second-order valence-electron chi connectivity index (χ2n) is 7.55. The summed E-state index contributed by atoms with van der Waals surface area (Å²) in [5.74, 6) is 1.65. The normalized spacial score (nSPS) is 17.2. The lowest BCUT2D eigenvalue weighted by Crippen LogP contribution is -2.38. The van der Waals surface area contributed by atoms with E-state index in [-0.39, 0.29) is 18.0 Å². The van der Waals surface area contributed by atoms with E-state index in [0.29, 0.717) is 6.54 Å². The lowest BCUT2D eigenvalue weighted by molar-refractivity contribution is -0.131. The highest BCUT2D eigenvalue weighted by Crippen LogP contribution is 2.38. The molecule has 0 spiro atoms. The van der Waals surface area contributed by atoms with Crippen molar-refractivity contribution in [2.24, 2.45) is 0 Å². The molecule has 1 saturated heterocycles. The van der Waals surface area contributed by atoms with Gasteiger partial charge in [0.15, 0.2) is 0 Å². The maximum atomic E-state index is 13.0. The van der Waals surface area contributed by atoms with Gasteiger partial charge < -0.3 is 19.7 Å². The van der Waals surface area contributed by atoms with Gasteiger partial charge in [-0.3, -0.25) is 4.79 Å². The Morgan fingerprint density at radius 3 is 2.59 bits per heavy atom. The minimum atomic E-state index is 0.0456. The first-order valence-electron chi connectivity index (χ1n) is 10.4. The van der Waals surface area contributed by atoms with Gasteiger partial charge in [0.05, 0.1) is 26.8 Å². The van der Waals surface area contributed by atoms with Gasteiger partial charge in [-0.05, 0) is 49.4 Å². The third kappa shape index (κ3) is 4.91. The number of aryl methyl sites for hydroxylation is 1. The molecule has 2 aromatic rings. The number of nitrogens with zero attached hydrogens (tertiary/aromatic N) is 1. The van der Waals surface area contributed by atoms with Crippen molar-refractivity contribution in [3.63, 3.8) is 0 Å². The van der Waals surface area contributed by atoms with Crippen LogP contribution >= 0.6 is 0 Å². The molecule has 0 aromatic heterocycles. The Morgan fingerprint density at radius 2 is 1.93 bits per heavy atom. The van der Waals surface area contributed by atoms with Crippen molar-refractivity contribution in [3.05, 3.63) is 59.2 Å². The Balaban J connectivity index is 1.65. The Hall–Kier alpha value is -2.53. The second kappa shape index (κ2) is 9.79. The fourth-order valence-corrected chi connectivity index (χ4v) is 3.98. The summed E-state index contributed by atoms with van der Waals surface area (Å²) in [6, 6.07) is 14.6. The number of benzene rings is 2. The van der Waals surface area contributed by atoms with Gasteiger partial charge in [0.2, 0.25) is 5.91 Å². The number of amides is 1. The maximum absolute atomic E-state index is 13.0. The highest BCUT2D eigenvalue weighted by molar-refractivity contribution is 5.79. The molecule has 156 valence electrons. The van der Waals surface area contributed by atoms with E-state index in [9.17, 15) is 4.79 Å². The zero-order chi connectivity index (χ0) is 20.8. The van der Waals surface area contributed by atoms with Crippen LogP contribution in [-0.4, -0.2) is 38.1 Å². The van der Waals surface area contributed by atoms with Gasteiger partial charge in [-0.15, -0.1) is 0 Å². The number of carbonyl (C=O) groups excluding carboxylic acids is 1. The average molecular weight is 397 g/mol. The number of nitrogens with one attached hydrogen (secondary N) is 1. The predicted molar refractivity (Wildman–Crippen MR) is 115 cm³/mol. The predicted octanol–water partition coefficient (Wildman–Crippen LogP) is 4.28. The van der Waals surface area contributed by atoms with Crippen molar-refractivity contribution >= 4 is 5.91 Å². The van der Waals surface area contributed by atoms with E-state index in [1.54, 1.807) is 14.2 Å². The number of ether oxygens (including phenoxy) is 2. The number of carbonyl (C=O) groups is 1. The lowest BCUT2D eigenvalue weighted by atomic mass is 10.0. The molecule has 3 rings (SSSR count). The van der Waals surface area contributed by atoms with Crippen LogP contribution in [-0.2, 0) is 11.2 Å². The van der Waals surface area contributed by atoms with E-state index in [1.165, 1.54) is 11.1 Å². The van der Waals surface area contributed by atoms with Crippen LogP contribution in [0.5, 0.6) is 11.5 Å². The monoisotopic (exact) mass is 396 g/mol. The topological polar surface area (TPSA) is 50.8 Å². The summed E-state index contributed by atoms with van der Waals surface area (Å²) in [5, 5.41) is 3.39. The molecular formula is C24H32N2O3. The molecule has 2 atom stereocenters. The van der Waals surface area contributed by atoms with Crippen LogP contribution in [0.1, 0.15) is 55.5 Å². The SMILES string of the molecule is CCc1ccc(C(C)NCC(=O)N2CCCC2c2ccc(OC)cc2OC)cc1. The molecule has 2 unspecified atom stereocenters. The zero-order valence-electron chi connectivity index (χ0n) is 17.9. The lowest BCUT2D eigenvalue weighted by Gasteiger charge is -2.27. The molecular weight excluding hydrogens is 364 g/mol. The van der Waals surface area contributed by atoms with Crippen molar-refractivity contribution in [1.82, 2.24) is 10.2 Å². The molecule has 5 nitrogen and oxygen atoms in total. The third-order valence-electron chi connectivity index (χ3n) is 5.82. The van der Waals surface area contributed by atoms with Crippen molar-refractivity contribution in [1.29, 1.82) is 0 Å². The summed E-state index contributed by atoms with van der Waals surface area (Å²) < 4.78 is 10.9. The summed E-state index contributed by atoms with van der Waals surface area (Å²) in [6.45, 7) is 5.35. The van der Waals surface area contributed by atoms with Crippen molar-refractivity contribution in [3.8, 4) is 11.5 Å². The largest absolute Gasteiger partial charge is 0.497 e. The molecule has 1 fully saturated rings. The van der Waals surface area contributed by atoms with Crippen LogP contribution in [0, 0.1) is 0 Å². The van der Waals surface area contributed by atoms with Crippen molar-refractivity contribution < 1.29 is 14.3 Å². The molecule has 1 heterocycles. The first-order chi connectivity index (χ1) is 14.1.